The van der Waals surface area contributed by atoms with E-state index < -0.39 is 10.2 Å². The van der Waals surface area contributed by atoms with Crippen molar-refractivity contribution in [3.63, 3.8) is 0 Å². The Morgan fingerprint density at radius 1 is 1.53 bits per heavy atom. The van der Waals surface area contributed by atoms with E-state index in [2.05, 4.69) is 14.8 Å². The summed E-state index contributed by atoms with van der Waals surface area (Å²) in [7, 11) is -1.88. The Morgan fingerprint density at radius 3 is 2.95 bits per heavy atom. The molecule has 19 heavy (non-hydrogen) atoms. The number of nitrogens with one attached hydrogen (secondary N) is 1. The van der Waals surface area contributed by atoms with Gasteiger partial charge in [-0.1, -0.05) is 6.42 Å². The summed E-state index contributed by atoms with van der Waals surface area (Å²) in [5.41, 5.74) is 0. The number of rotatable bonds is 5. The molecule has 0 spiro atoms. The monoisotopic (exact) mass is 289 g/mol. The lowest BCUT2D eigenvalue weighted by molar-refractivity contribution is 0.154. The molecule has 0 amide bonds. The van der Waals surface area contributed by atoms with Crippen LogP contribution in [0.3, 0.4) is 0 Å². The zero-order valence-corrected chi connectivity index (χ0v) is 11.7. The highest BCUT2D eigenvalue weighted by Gasteiger charge is 2.31. The van der Waals surface area contributed by atoms with Gasteiger partial charge >= 0.3 is 0 Å². The maximum Gasteiger partial charge on any atom is 0.280 e. The fraction of sp³-hybridized carbons (Fsp3) is 0.800. The van der Waals surface area contributed by atoms with Crippen molar-refractivity contribution < 1.29 is 13.5 Å². The van der Waals surface area contributed by atoms with Gasteiger partial charge in [0.25, 0.3) is 10.2 Å². The average Bonchev–Trinajstić information content (AvgIpc) is 2.82. The van der Waals surface area contributed by atoms with Crippen molar-refractivity contribution >= 4 is 10.2 Å². The summed E-state index contributed by atoms with van der Waals surface area (Å²) in [6.07, 6.45) is 3.97. The minimum absolute atomic E-state index is 0.0534. The van der Waals surface area contributed by atoms with Crippen LogP contribution >= 0.6 is 0 Å². The van der Waals surface area contributed by atoms with Gasteiger partial charge in [0, 0.05) is 19.6 Å². The topological polar surface area (TPSA) is 100 Å². The first-order valence-corrected chi connectivity index (χ1v) is 7.69. The Kier molecular flexibility index (Phi) is 4.50. The predicted octanol–water partition coefficient (Wildman–Crippen LogP) is -1.00. The summed E-state index contributed by atoms with van der Waals surface area (Å²) in [6, 6.07) is -0.331. The molecule has 1 atom stereocenters. The predicted molar refractivity (Wildman–Crippen MR) is 68.2 cm³/mol. The highest BCUT2D eigenvalue weighted by molar-refractivity contribution is 7.87. The highest BCUT2D eigenvalue weighted by atomic mass is 32.2. The number of aliphatic hydroxyl groups is 1. The number of nitrogens with zero attached hydrogens (tertiary/aromatic N) is 4. The third kappa shape index (κ3) is 3.50. The smallest absolute Gasteiger partial charge is 0.280 e. The summed E-state index contributed by atoms with van der Waals surface area (Å²) in [4.78, 5) is 3.96. The molecule has 0 saturated carbocycles. The quantitative estimate of drug-likeness (QED) is 0.724. The molecule has 1 aliphatic rings. The molecule has 1 aliphatic heterocycles. The van der Waals surface area contributed by atoms with Gasteiger partial charge in [-0.25, -0.2) is 4.98 Å². The van der Waals surface area contributed by atoms with Crippen LogP contribution in [0.15, 0.2) is 6.33 Å². The van der Waals surface area contributed by atoms with Gasteiger partial charge in [0.1, 0.15) is 6.33 Å². The Morgan fingerprint density at radius 2 is 2.32 bits per heavy atom. The van der Waals surface area contributed by atoms with Crippen molar-refractivity contribution in [3.05, 3.63) is 12.2 Å². The van der Waals surface area contributed by atoms with Gasteiger partial charge < -0.3 is 5.11 Å². The molecule has 8 nitrogen and oxygen atoms in total. The minimum atomic E-state index is -3.60. The molecule has 0 bridgehead atoms. The maximum atomic E-state index is 12.2. The lowest BCUT2D eigenvalue weighted by Gasteiger charge is -2.33. The van der Waals surface area contributed by atoms with Crippen LogP contribution in [0.4, 0.5) is 0 Å². The second-order valence-electron chi connectivity index (χ2n) is 4.60. The van der Waals surface area contributed by atoms with E-state index in [4.69, 9.17) is 0 Å². The lowest BCUT2D eigenvalue weighted by atomic mass is 10.1. The standard InChI is InChI=1S/C10H19N5O3S/c1-14-8-11-10(13-14)6-12-19(17,18)15-5-3-2-4-9(15)7-16/h8-9,12,16H,2-7H2,1H3. The minimum Gasteiger partial charge on any atom is -0.395 e. The molecular formula is C10H19N5O3S. The second kappa shape index (κ2) is 5.95. The van der Waals surface area contributed by atoms with E-state index in [0.29, 0.717) is 18.8 Å². The van der Waals surface area contributed by atoms with Crippen molar-refractivity contribution in [3.8, 4) is 0 Å². The Labute approximate surface area is 112 Å². The van der Waals surface area contributed by atoms with Gasteiger partial charge in [-0.3, -0.25) is 4.68 Å². The van der Waals surface area contributed by atoms with Crippen molar-refractivity contribution in [2.45, 2.75) is 31.8 Å². The van der Waals surface area contributed by atoms with Crippen LogP contribution in [0.25, 0.3) is 0 Å². The van der Waals surface area contributed by atoms with Gasteiger partial charge in [-0.15, -0.1) is 0 Å². The van der Waals surface area contributed by atoms with Crippen molar-refractivity contribution in [1.29, 1.82) is 0 Å². The van der Waals surface area contributed by atoms with Crippen molar-refractivity contribution in [2.75, 3.05) is 13.2 Å². The van der Waals surface area contributed by atoms with Crippen LogP contribution < -0.4 is 4.72 Å². The van der Waals surface area contributed by atoms with Gasteiger partial charge in [-0.2, -0.15) is 22.5 Å². The molecule has 1 unspecified atom stereocenters. The lowest BCUT2D eigenvalue weighted by Crippen LogP contribution is -2.50. The molecule has 2 heterocycles. The average molecular weight is 289 g/mol. The largest absolute Gasteiger partial charge is 0.395 e. The van der Waals surface area contributed by atoms with Gasteiger partial charge in [0.2, 0.25) is 0 Å². The van der Waals surface area contributed by atoms with Crippen LogP contribution in [0.1, 0.15) is 25.1 Å². The summed E-state index contributed by atoms with van der Waals surface area (Å²) in [5, 5.41) is 13.3. The first-order chi connectivity index (χ1) is 9.03. The van der Waals surface area contributed by atoms with E-state index in [9.17, 15) is 13.5 Å². The number of piperidine rings is 1. The molecule has 1 aromatic rings. The zero-order valence-electron chi connectivity index (χ0n) is 10.9. The van der Waals surface area contributed by atoms with Crippen LogP contribution in [0.2, 0.25) is 0 Å². The number of hydrogen-bond donors (Lipinski definition) is 2. The van der Waals surface area contributed by atoms with Gasteiger partial charge in [-0.05, 0) is 12.8 Å². The molecule has 1 aromatic heterocycles. The Hall–Kier alpha value is -1.03. The summed E-state index contributed by atoms with van der Waals surface area (Å²) < 4.78 is 29.7. The molecule has 0 aliphatic carbocycles. The second-order valence-corrected chi connectivity index (χ2v) is 6.31. The van der Waals surface area contributed by atoms with Crippen molar-refractivity contribution in [1.82, 2.24) is 23.8 Å². The first kappa shape index (κ1) is 14.4. The highest BCUT2D eigenvalue weighted by Crippen LogP contribution is 2.19. The van der Waals surface area contributed by atoms with E-state index in [1.807, 2.05) is 0 Å². The van der Waals surface area contributed by atoms with Gasteiger partial charge in [0.05, 0.1) is 13.2 Å². The third-order valence-corrected chi connectivity index (χ3v) is 4.76. The normalized spacial score (nSPS) is 21.7. The third-order valence-electron chi connectivity index (χ3n) is 3.15. The Balaban J connectivity index is 2.00. The fourth-order valence-corrected chi connectivity index (χ4v) is 3.59. The van der Waals surface area contributed by atoms with Crippen molar-refractivity contribution in [2.24, 2.45) is 7.05 Å². The van der Waals surface area contributed by atoms with Crippen LogP contribution in [-0.4, -0.2) is 51.8 Å². The van der Waals surface area contributed by atoms with E-state index in [1.54, 1.807) is 7.05 Å². The molecule has 2 N–H and O–H groups in total. The molecule has 1 fully saturated rings. The SMILES string of the molecule is Cn1cnc(CNS(=O)(=O)N2CCCCC2CO)n1. The fourth-order valence-electron chi connectivity index (χ4n) is 2.18. The zero-order chi connectivity index (χ0) is 13.9. The molecule has 9 heteroatoms. The van der Waals surface area contributed by atoms with E-state index in [0.717, 1.165) is 12.8 Å². The molecule has 2 rings (SSSR count). The maximum absolute atomic E-state index is 12.2. The molecule has 0 radical (unpaired) electrons. The first-order valence-electron chi connectivity index (χ1n) is 6.25. The van der Waals surface area contributed by atoms with E-state index in [-0.39, 0.29) is 19.2 Å². The number of aryl methyl sites for hydroxylation is 1. The number of aromatic nitrogens is 3. The summed E-state index contributed by atoms with van der Waals surface area (Å²) in [5.74, 6) is 0.420. The van der Waals surface area contributed by atoms with Gasteiger partial charge in [0.15, 0.2) is 5.82 Å². The van der Waals surface area contributed by atoms with E-state index >= 15 is 0 Å². The Bertz CT molecular complexity index is 515. The van der Waals surface area contributed by atoms with Crippen LogP contribution in [0.5, 0.6) is 0 Å². The van der Waals surface area contributed by atoms with E-state index in [1.165, 1.54) is 15.3 Å². The molecule has 0 aromatic carbocycles. The van der Waals surface area contributed by atoms with Crippen LogP contribution in [0, 0.1) is 0 Å². The number of hydrogen-bond acceptors (Lipinski definition) is 5. The molecular weight excluding hydrogens is 270 g/mol. The number of aliphatic hydroxyl groups excluding tert-OH is 1. The van der Waals surface area contributed by atoms with Crippen LogP contribution in [-0.2, 0) is 23.8 Å². The summed E-state index contributed by atoms with van der Waals surface area (Å²) >= 11 is 0. The molecule has 1 saturated heterocycles. The molecule has 108 valence electrons. The summed E-state index contributed by atoms with van der Waals surface area (Å²) in [6.45, 7) is 0.344.